The molecule has 0 aromatic carbocycles. The molecule has 0 aliphatic heterocycles. The summed E-state index contributed by atoms with van der Waals surface area (Å²) in [5.41, 5.74) is 1.15. The number of aromatic nitrogens is 3. The van der Waals surface area contributed by atoms with Crippen molar-refractivity contribution in [2.24, 2.45) is 10.9 Å². The van der Waals surface area contributed by atoms with Crippen LogP contribution in [0.5, 0.6) is 0 Å². The Balaban J connectivity index is 1.45. The zero-order chi connectivity index (χ0) is 18.9. The molecule has 2 heterocycles. The number of nitrogens with one attached hydrogen (secondary N) is 2. The number of hydrogen-bond acceptors (Lipinski definition) is 3. The molecule has 3 rings (SSSR count). The van der Waals surface area contributed by atoms with E-state index in [9.17, 15) is 0 Å². The predicted octanol–water partition coefficient (Wildman–Crippen LogP) is 3.68. The quantitative estimate of drug-likeness (QED) is 0.578. The zero-order valence-electron chi connectivity index (χ0n) is 16.6. The van der Waals surface area contributed by atoms with Gasteiger partial charge in [0.05, 0.1) is 0 Å². The van der Waals surface area contributed by atoms with Gasteiger partial charge in [-0.15, -0.1) is 0 Å². The van der Waals surface area contributed by atoms with Gasteiger partial charge in [0.1, 0.15) is 0 Å². The van der Waals surface area contributed by atoms with Crippen LogP contribution in [0.4, 0.5) is 0 Å². The van der Waals surface area contributed by atoms with Crippen LogP contribution in [0.25, 0.3) is 5.82 Å². The maximum atomic E-state index is 4.37. The fraction of sp³-hybridized carbons (Fsp3) is 0.571. The van der Waals surface area contributed by atoms with Crippen molar-refractivity contribution >= 4 is 5.96 Å². The summed E-state index contributed by atoms with van der Waals surface area (Å²) in [5, 5.41) is 11.2. The molecule has 0 amide bonds. The number of guanidine groups is 1. The summed E-state index contributed by atoms with van der Waals surface area (Å²) in [7, 11) is 1.82. The van der Waals surface area contributed by atoms with Crippen LogP contribution in [-0.2, 0) is 6.54 Å². The lowest BCUT2D eigenvalue weighted by Gasteiger charge is -2.24. The molecular weight excluding hydrogens is 336 g/mol. The van der Waals surface area contributed by atoms with Gasteiger partial charge in [0.25, 0.3) is 0 Å². The van der Waals surface area contributed by atoms with Crippen LogP contribution in [0.1, 0.15) is 57.4 Å². The second-order valence-corrected chi connectivity index (χ2v) is 7.53. The van der Waals surface area contributed by atoms with Crippen molar-refractivity contribution in [1.29, 1.82) is 0 Å². The van der Waals surface area contributed by atoms with Gasteiger partial charge in [-0.25, -0.2) is 9.67 Å². The van der Waals surface area contributed by atoms with Gasteiger partial charge in [-0.1, -0.05) is 32.1 Å². The summed E-state index contributed by atoms with van der Waals surface area (Å²) < 4.78 is 1.77. The van der Waals surface area contributed by atoms with Crippen LogP contribution in [0, 0.1) is 5.92 Å². The lowest BCUT2D eigenvalue weighted by Crippen LogP contribution is -2.42. The van der Waals surface area contributed by atoms with E-state index in [2.05, 4.69) is 32.6 Å². The standard InChI is InChI=1S/C21H32N6/c1-17(9-10-18-7-4-3-5-8-18)26-21(22-2)24-16-19-11-13-23-20(15-19)27-14-6-12-25-27/h6,11-15,17-18H,3-5,7-10,16H2,1-2H3,(H2,22,24,26). The molecule has 0 saturated heterocycles. The molecule has 1 atom stereocenters. The molecule has 0 spiro atoms. The Hall–Kier alpha value is -2.37. The van der Waals surface area contributed by atoms with Gasteiger partial charge in [0.15, 0.2) is 11.8 Å². The van der Waals surface area contributed by atoms with Gasteiger partial charge in [0.2, 0.25) is 0 Å². The molecule has 1 unspecified atom stereocenters. The molecule has 2 N–H and O–H groups in total. The predicted molar refractivity (Wildman–Crippen MR) is 110 cm³/mol. The molecule has 1 aliphatic rings. The van der Waals surface area contributed by atoms with Gasteiger partial charge >= 0.3 is 0 Å². The molecule has 6 nitrogen and oxygen atoms in total. The molecule has 0 bridgehead atoms. The summed E-state index contributed by atoms with van der Waals surface area (Å²) in [5.74, 6) is 2.60. The monoisotopic (exact) mass is 368 g/mol. The number of nitrogens with zero attached hydrogens (tertiary/aromatic N) is 4. The average Bonchev–Trinajstić information content (AvgIpc) is 3.25. The number of aliphatic imine (C=N–C) groups is 1. The Morgan fingerprint density at radius 2 is 2.15 bits per heavy atom. The minimum atomic E-state index is 0.426. The minimum absolute atomic E-state index is 0.426. The third-order valence-electron chi connectivity index (χ3n) is 5.35. The van der Waals surface area contributed by atoms with E-state index in [1.54, 1.807) is 10.9 Å². The SMILES string of the molecule is CN=C(NCc1ccnc(-n2cccn2)c1)NC(C)CCC1CCCCC1. The van der Waals surface area contributed by atoms with Gasteiger partial charge in [-0.05, 0) is 49.4 Å². The van der Waals surface area contributed by atoms with E-state index in [0.717, 1.165) is 23.3 Å². The lowest BCUT2D eigenvalue weighted by molar-refractivity contribution is 0.322. The van der Waals surface area contributed by atoms with Gasteiger partial charge in [-0.2, -0.15) is 5.10 Å². The fourth-order valence-electron chi connectivity index (χ4n) is 3.75. The average molecular weight is 369 g/mol. The van der Waals surface area contributed by atoms with Gasteiger partial charge in [-0.3, -0.25) is 4.99 Å². The van der Waals surface area contributed by atoms with Crippen LogP contribution in [-0.4, -0.2) is 33.8 Å². The van der Waals surface area contributed by atoms with Crippen LogP contribution in [0.15, 0.2) is 41.8 Å². The van der Waals surface area contributed by atoms with Crippen molar-refractivity contribution in [2.45, 2.75) is 64.5 Å². The van der Waals surface area contributed by atoms with Crippen LogP contribution >= 0.6 is 0 Å². The summed E-state index contributed by atoms with van der Waals surface area (Å²) in [6.07, 6.45) is 15.1. The lowest BCUT2D eigenvalue weighted by atomic mass is 9.85. The first-order chi connectivity index (χ1) is 13.2. The third kappa shape index (κ3) is 6.08. The largest absolute Gasteiger partial charge is 0.354 e. The Morgan fingerprint density at radius 3 is 2.89 bits per heavy atom. The molecule has 1 fully saturated rings. The molecule has 0 radical (unpaired) electrons. The molecule has 27 heavy (non-hydrogen) atoms. The highest BCUT2D eigenvalue weighted by Gasteiger charge is 2.15. The summed E-state index contributed by atoms with van der Waals surface area (Å²) >= 11 is 0. The molecule has 1 aliphatic carbocycles. The molecule has 1 saturated carbocycles. The van der Waals surface area contributed by atoms with E-state index < -0.39 is 0 Å². The van der Waals surface area contributed by atoms with Crippen molar-refractivity contribution in [2.75, 3.05) is 7.05 Å². The minimum Gasteiger partial charge on any atom is -0.354 e. The van der Waals surface area contributed by atoms with E-state index in [1.165, 1.54) is 44.9 Å². The van der Waals surface area contributed by atoms with Crippen molar-refractivity contribution in [3.63, 3.8) is 0 Å². The third-order valence-corrected chi connectivity index (χ3v) is 5.35. The normalized spacial score (nSPS) is 16.9. The molecule has 2 aromatic rings. The molecule has 6 heteroatoms. The van der Waals surface area contributed by atoms with Crippen molar-refractivity contribution in [3.05, 3.63) is 42.4 Å². The number of hydrogen-bond donors (Lipinski definition) is 2. The Kier molecular flexibility index (Phi) is 7.25. The first-order valence-electron chi connectivity index (χ1n) is 10.2. The van der Waals surface area contributed by atoms with E-state index >= 15 is 0 Å². The first kappa shape index (κ1) is 19.4. The Labute approximate surface area is 162 Å². The highest BCUT2D eigenvalue weighted by molar-refractivity contribution is 5.79. The van der Waals surface area contributed by atoms with E-state index in [-0.39, 0.29) is 0 Å². The fourth-order valence-corrected chi connectivity index (χ4v) is 3.75. The van der Waals surface area contributed by atoms with Gasteiger partial charge in [0, 0.05) is 38.2 Å². The topological polar surface area (TPSA) is 67.1 Å². The van der Waals surface area contributed by atoms with Crippen LogP contribution < -0.4 is 10.6 Å². The summed E-state index contributed by atoms with van der Waals surface area (Å²) in [6, 6.07) is 6.38. The van der Waals surface area contributed by atoms with Crippen molar-refractivity contribution in [1.82, 2.24) is 25.4 Å². The summed E-state index contributed by atoms with van der Waals surface area (Å²) in [6.45, 7) is 2.95. The number of pyridine rings is 1. The smallest absolute Gasteiger partial charge is 0.191 e. The second-order valence-electron chi connectivity index (χ2n) is 7.53. The van der Waals surface area contributed by atoms with Crippen LogP contribution in [0.3, 0.4) is 0 Å². The van der Waals surface area contributed by atoms with E-state index in [0.29, 0.717) is 12.6 Å². The summed E-state index contributed by atoms with van der Waals surface area (Å²) in [4.78, 5) is 8.74. The second kappa shape index (κ2) is 10.1. The zero-order valence-corrected chi connectivity index (χ0v) is 16.6. The van der Waals surface area contributed by atoms with E-state index in [4.69, 9.17) is 0 Å². The Bertz CT molecular complexity index is 703. The van der Waals surface area contributed by atoms with Crippen LogP contribution in [0.2, 0.25) is 0 Å². The van der Waals surface area contributed by atoms with Gasteiger partial charge < -0.3 is 10.6 Å². The Morgan fingerprint density at radius 1 is 1.30 bits per heavy atom. The highest BCUT2D eigenvalue weighted by atomic mass is 15.3. The molecule has 146 valence electrons. The van der Waals surface area contributed by atoms with Crippen molar-refractivity contribution < 1.29 is 0 Å². The maximum absolute atomic E-state index is 4.37. The van der Waals surface area contributed by atoms with Crippen molar-refractivity contribution in [3.8, 4) is 5.82 Å². The first-order valence-corrected chi connectivity index (χ1v) is 10.2. The molecular formula is C21H32N6. The molecule has 2 aromatic heterocycles. The number of rotatable bonds is 7. The highest BCUT2D eigenvalue weighted by Crippen LogP contribution is 2.27. The maximum Gasteiger partial charge on any atom is 0.191 e. The van der Waals surface area contributed by atoms with E-state index in [1.807, 2.05) is 37.6 Å².